The van der Waals surface area contributed by atoms with Crippen LogP contribution in [0.2, 0.25) is 0 Å². The van der Waals surface area contributed by atoms with Crippen LogP contribution >= 0.6 is 0 Å². The van der Waals surface area contributed by atoms with E-state index in [1.54, 1.807) is 18.9 Å². The second-order valence-corrected chi connectivity index (χ2v) is 4.58. The first-order valence-corrected chi connectivity index (χ1v) is 6.35. The Labute approximate surface area is 107 Å². The molecule has 0 fully saturated rings. The molecular formula is C14H19N3O. The molecule has 1 N–H and O–H groups in total. The lowest BCUT2D eigenvalue weighted by Gasteiger charge is -2.16. The minimum absolute atomic E-state index is 0.357. The molecular weight excluding hydrogens is 226 g/mol. The van der Waals surface area contributed by atoms with Crippen molar-refractivity contribution in [3.63, 3.8) is 0 Å². The quantitative estimate of drug-likeness (QED) is 0.873. The zero-order chi connectivity index (χ0) is 13.0. The van der Waals surface area contributed by atoms with Crippen LogP contribution in [-0.2, 0) is 0 Å². The van der Waals surface area contributed by atoms with Gasteiger partial charge in [-0.25, -0.2) is 9.97 Å². The van der Waals surface area contributed by atoms with Gasteiger partial charge >= 0.3 is 0 Å². The number of furan rings is 1. The predicted octanol–water partition coefficient (Wildman–Crippen LogP) is 3.68. The molecule has 2 rings (SSSR count). The summed E-state index contributed by atoms with van der Waals surface area (Å²) < 4.78 is 5.14. The van der Waals surface area contributed by atoms with E-state index < -0.39 is 0 Å². The van der Waals surface area contributed by atoms with Gasteiger partial charge in [-0.05, 0) is 18.4 Å². The Kier molecular flexibility index (Phi) is 3.97. The molecule has 0 aromatic carbocycles. The van der Waals surface area contributed by atoms with Crippen LogP contribution in [-0.4, -0.2) is 16.5 Å². The van der Waals surface area contributed by atoms with E-state index in [4.69, 9.17) is 4.42 Å². The van der Waals surface area contributed by atoms with Gasteiger partial charge in [0.1, 0.15) is 12.1 Å². The molecule has 0 aliphatic carbocycles. The summed E-state index contributed by atoms with van der Waals surface area (Å²) in [4.78, 5) is 8.76. The van der Waals surface area contributed by atoms with E-state index >= 15 is 0 Å². The molecule has 18 heavy (non-hydrogen) atoms. The Morgan fingerprint density at radius 1 is 1.33 bits per heavy atom. The molecule has 0 atom stereocenters. The average molecular weight is 245 g/mol. The number of nitrogens with zero attached hydrogens (tertiary/aromatic N) is 2. The van der Waals surface area contributed by atoms with Gasteiger partial charge in [-0.3, -0.25) is 0 Å². The van der Waals surface area contributed by atoms with Crippen molar-refractivity contribution in [3.05, 3.63) is 30.5 Å². The number of nitrogens with one attached hydrogen (secondary N) is 1. The van der Waals surface area contributed by atoms with Gasteiger partial charge < -0.3 is 9.73 Å². The van der Waals surface area contributed by atoms with Crippen molar-refractivity contribution in [1.82, 2.24) is 9.97 Å². The van der Waals surface area contributed by atoms with E-state index in [1.165, 1.54) is 0 Å². The van der Waals surface area contributed by atoms with Crippen molar-refractivity contribution >= 4 is 5.82 Å². The van der Waals surface area contributed by atoms with Gasteiger partial charge in [0, 0.05) is 17.7 Å². The van der Waals surface area contributed by atoms with Crippen molar-refractivity contribution in [2.45, 2.75) is 33.1 Å². The highest BCUT2D eigenvalue weighted by molar-refractivity contribution is 5.68. The van der Waals surface area contributed by atoms with Gasteiger partial charge in [-0.15, -0.1) is 0 Å². The second-order valence-electron chi connectivity index (χ2n) is 4.58. The van der Waals surface area contributed by atoms with Crippen LogP contribution in [0.3, 0.4) is 0 Å². The summed E-state index contributed by atoms with van der Waals surface area (Å²) in [7, 11) is 0. The third kappa shape index (κ3) is 2.53. The summed E-state index contributed by atoms with van der Waals surface area (Å²) in [6.45, 7) is 7.36. The summed E-state index contributed by atoms with van der Waals surface area (Å²) >= 11 is 0. The maximum Gasteiger partial charge on any atom is 0.133 e. The van der Waals surface area contributed by atoms with Crippen molar-refractivity contribution < 1.29 is 4.42 Å². The lowest BCUT2D eigenvalue weighted by Crippen LogP contribution is -2.08. The Balaban J connectivity index is 2.46. The largest absolute Gasteiger partial charge is 0.472 e. The zero-order valence-electron chi connectivity index (χ0n) is 11.1. The Hall–Kier alpha value is -1.84. The topological polar surface area (TPSA) is 51.0 Å². The zero-order valence-corrected chi connectivity index (χ0v) is 11.1. The highest BCUT2D eigenvalue weighted by Crippen LogP contribution is 2.31. The molecule has 0 unspecified atom stereocenters. The Bertz CT molecular complexity index is 492. The molecule has 96 valence electrons. The molecule has 0 bridgehead atoms. The summed E-state index contributed by atoms with van der Waals surface area (Å²) in [5.41, 5.74) is 3.10. The van der Waals surface area contributed by atoms with Crippen LogP contribution < -0.4 is 5.32 Å². The average Bonchev–Trinajstić information content (AvgIpc) is 2.89. The molecule has 4 heteroatoms. The molecule has 0 saturated carbocycles. The molecule has 2 aromatic heterocycles. The third-order valence-corrected chi connectivity index (χ3v) is 2.80. The second kappa shape index (κ2) is 5.67. The van der Waals surface area contributed by atoms with Crippen LogP contribution in [0.4, 0.5) is 5.82 Å². The van der Waals surface area contributed by atoms with E-state index in [1.807, 2.05) is 6.07 Å². The number of rotatable bonds is 5. The normalized spacial score (nSPS) is 10.9. The molecule has 0 spiro atoms. The fraction of sp³-hybridized carbons (Fsp3) is 0.429. The lowest BCUT2D eigenvalue weighted by atomic mass is 9.99. The van der Waals surface area contributed by atoms with Gasteiger partial charge in [0.25, 0.3) is 0 Å². The van der Waals surface area contributed by atoms with Gasteiger partial charge in [0.2, 0.25) is 0 Å². The van der Waals surface area contributed by atoms with E-state index in [0.29, 0.717) is 5.92 Å². The molecule has 0 radical (unpaired) electrons. The number of hydrogen-bond acceptors (Lipinski definition) is 4. The third-order valence-electron chi connectivity index (χ3n) is 2.80. The molecule has 0 aliphatic rings. The molecule has 4 nitrogen and oxygen atoms in total. The maximum absolute atomic E-state index is 5.14. The van der Waals surface area contributed by atoms with Crippen molar-refractivity contribution in [2.75, 3.05) is 11.9 Å². The molecule has 0 aliphatic heterocycles. The minimum Gasteiger partial charge on any atom is -0.472 e. The first kappa shape index (κ1) is 12.6. The van der Waals surface area contributed by atoms with Crippen LogP contribution in [0.5, 0.6) is 0 Å². The summed E-state index contributed by atoms with van der Waals surface area (Å²) in [6.07, 6.45) is 6.06. The van der Waals surface area contributed by atoms with Gasteiger partial charge in [0.15, 0.2) is 0 Å². The Morgan fingerprint density at radius 2 is 2.17 bits per heavy atom. The fourth-order valence-corrected chi connectivity index (χ4v) is 1.96. The monoisotopic (exact) mass is 245 g/mol. The van der Waals surface area contributed by atoms with Crippen LogP contribution in [0.25, 0.3) is 11.3 Å². The van der Waals surface area contributed by atoms with Crippen molar-refractivity contribution in [1.29, 1.82) is 0 Å². The van der Waals surface area contributed by atoms with Gasteiger partial charge in [0.05, 0.1) is 18.2 Å². The first-order valence-electron chi connectivity index (χ1n) is 6.35. The van der Waals surface area contributed by atoms with E-state index in [2.05, 4.69) is 36.1 Å². The SMILES string of the molecule is CCCNc1ncnc(-c2ccoc2)c1C(C)C. The predicted molar refractivity (Wildman–Crippen MR) is 72.6 cm³/mol. The lowest BCUT2D eigenvalue weighted by molar-refractivity contribution is 0.568. The fourth-order valence-electron chi connectivity index (χ4n) is 1.96. The van der Waals surface area contributed by atoms with E-state index in [9.17, 15) is 0 Å². The molecule has 2 aromatic rings. The van der Waals surface area contributed by atoms with E-state index in [0.717, 1.165) is 35.6 Å². The van der Waals surface area contributed by atoms with Crippen molar-refractivity contribution in [2.24, 2.45) is 0 Å². The molecule has 0 amide bonds. The standard InChI is InChI=1S/C14H19N3O/c1-4-6-15-14-12(10(2)3)13(16-9-17-14)11-5-7-18-8-11/h5,7-10H,4,6H2,1-3H3,(H,15,16,17). The maximum atomic E-state index is 5.14. The number of aromatic nitrogens is 2. The number of anilines is 1. The van der Waals surface area contributed by atoms with Gasteiger partial charge in [-0.2, -0.15) is 0 Å². The number of hydrogen-bond donors (Lipinski definition) is 1. The van der Waals surface area contributed by atoms with Crippen LogP contribution in [0, 0.1) is 0 Å². The van der Waals surface area contributed by atoms with Gasteiger partial charge in [-0.1, -0.05) is 20.8 Å². The van der Waals surface area contributed by atoms with Crippen molar-refractivity contribution in [3.8, 4) is 11.3 Å². The summed E-state index contributed by atoms with van der Waals surface area (Å²) in [5.74, 6) is 1.29. The molecule has 2 heterocycles. The van der Waals surface area contributed by atoms with Crippen LogP contribution in [0.15, 0.2) is 29.3 Å². The van der Waals surface area contributed by atoms with Crippen LogP contribution in [0.1, 0.15) is 38.7 Å². The Morgan fingerprint density at radius 3 is 2.78 bits per heavy atom. The summed E-state index contributed by atoms with van der Waals surface area (Å²) in [5, 5.41) is 3.36. The minimum atomic E-state index is 0.357. The first-order chi connectivity index (χ1) is 8.74. The highest BCUT2D eigenvalue weighted by Gasteiger charge is 2.16. The molecule has 0 saturated heterocycles. The summed E-state index contributed by atoms with van der Waals surface area (Å²) in [6, 6.07) is 1.93. The highest BCUT2D eigenvalue weighted by atomic mass is 16.3. The van der Waals surface area contributed by atoms with E-state index in [-0.39, 0.29) is 0 Å². The smallest absolute Gasteiger partial charge is 0.133 e.